The maximum Gasteiger partial charge on any atom is 0.141 e. The number of hydrogen-bond acceptors (Lipinski definition) is 6. The molecule has 1 saturated carbocycles. The second-order valence-electron chi connectivity index (χ2n) is 8.86. The van der Waals surface area contributed by atoms with E-state index in [-0.39, 0.29) is 0 Å². The van der Waals surface area contributed by atoms with Gasteiger partial charge in [0.1, 0.15) is 23.1 Å². The summed E-state index contributed by atoms with van der Waals surface area (Å²) in [6.07, 6.45) is 4.35. The number of halogens is 1. The minimum atomic E-state index is -0.645. The van der Waals surface area contributed by atoms with Crippen molar-refractivity contribution in [1.82, 2.24) is 14.9 Å². The Kier molecular flexibility index (Phi) is 5.01. The molecule has 3 unspecified atom stereocenters. The van der Waals surface area contributed by atoms with E-state index in [9.17, 15) is 4.39 Å². The van der Waals surface area contributed by atoms with Crippen LogP contribution in [0.1, 0.15) is 44.6 Å². The van der Waals surface area contributed by atoms with Crippen molar-refractivity contribution in [2.75, 3.05) is 37.7 Å². The molecule has 2 aromatic rings. The Morgan fingerprint density at radius 3 is 2.89 bits per heavy atom. The molecule has 1 aliphatic carbocycles. The minimum Gasteiger partial charge on any atom is -0.376 e. The summed E-state index contributed by atoms with van der Waals surface area (Å²) < 4.78 is 19.5. The van der Waals surface area contributed by atoms with E-state index in [2.05, 4.69) is 34.0 Å². The van der Waals surface area contributed by atoms with Gasteiger partial charge in [0.05, 0.1) is 18.1 Å². The summed E-state index contributed by atoms with van der Waals surface area (Å²) in [5, 5.41) is 3.50. The molecular formula is C21H29FN4OS. The number of piperidine rings is 1. The van der Waals surface area contributed by atoms with Crippen LogP contribution in [0, 0.1) is 5.92 Å². The molecule has 28 heavy (non-hydrogen) atoms. The number of hydrogen-bond donors (Lipinski definition) is 0. The SMILES string of the molecule is CC(C)c1csc2ncnc(N3CC4CC3CC4OCCN3CC[C@@H](F)C3)c12. The molecule has 3 fully saturated rings. The summed E-state index contributed by atoms with van der Waals surface area (Å²) in [7, 11) is 0. The number of aromatic nitrogens is 2. The molecule has 2 aliphatic heterocycles. The van der Waals surface area contributed by atoms with Crippen molar-refractivity contribution < 1.29 is 9.13 Å². The Bertz CT molecular complexity index is 843. The van der Waals surface area contributed by atoms with Gasteiger partial charge >= 0.3 is 0 Å². The Labute approximate surface area is 169 Å². The lowest BCUT2D eigenvalue weighted by Crippen LogP contribution is -2.40. The predicted molar refractivity (Wildman–Crippen MR) is 111 cm³/mol. The summed E-state index contributed by atoms with van der Waals surface area (Å²) in [5.74, 6) is 2.17. The molecule has 0 amide bonds. The molecule has 2 saturated heterocycles. The molecular weight excluding hydrogens is 375 g/mol. The van der Waals surface area contributed by atoms with Crippen LogP contribution >= 0.6 is 11.3 Å². The van der Waals surface area contributed by atoms with Crippen molar-refractivity contribution >= 4 is 27.4 Å². The highest BCUT2D eigenvalue weighted by atomic mass is 32.1. The van der Waals surface area contributed by atoms with Crippen LogP contribution < -0.4 is 4.90 Å². The van der Waals surface area contributed by atoms with Gasteiger partial charge in [0.25, 0.3) is 0 Å². The monoisotopic (exact) mass is 404 g/mol. The smallest absolute Gasteiger partial charge is 0.141 e. The molecule has 3 aliphatic rings. The van der Waals surface area contributed by atoms with Crippen molar-refractivity contribution in [3.8, 4) is 0 Å². The molecule has 152 valence electrons. The first-order chi connectivity index (χ1) is 13.6. The molecule has 0 spiro atoms. The normalized spacial score (nSPS) is 30.4. The van der Waals surface area contributed by atoms with Crippen LogP contribution in [0.25, 0.3) is 10.2 Å². The predicted octanol–water partition coefficient (Wildman–Crippen LogP) is 3.84. The number of rotatable bonds is 6. The molecule has 0 aromatic carbocycles. The first kappa shape index (κ1) is 18.7. The number of fused-ring (bicyclic) bond motifs is 3. The average Bonchev–Trinajstić information content (AvgIpc) is 3.44. The molecule has 4 heterocycles. The van der Waals surface area contributed by atoms with Crippen LogP contribution in [0.3, 0.4) is 0 Å². The van der Waals surface area contributed by atoms with E-state index in [0.717, 1.165) is 43.3 Å². The summed E-state index contributed by atoms with van der Waals surface area (Å²) >= 11 is 1.73. The highest BCUT2D eigenvalue weighted by molar-refractivity contribution is 7.17. The minimum absolute atomic E-state index is 0.342. The summed E-state index contributed by atoms with van der Waals surface area (Å²) in [5.41, 5.74) is 1.36. The van der Waals surface area contributed by atoms with Crippen molar-refractivity contribution in [3.05, 3.63) is 17.3 Å². The van der Waals surface area contributed by atoms with Gasteiger partial charge in [-0.1, -0.05) is 13.8 Å². The Morgan fingerprint density at radius 2 is 2.18 bits per heavy atom. The summed E-state index contributed by atoms with van der Waals surface area (Å²) in [6, 6.07) is 0.509. The Hall–Kier alpha value is -1.31. The van der Waals surface area contributed by atoms with Crippen LogP contribution in [0.5, 0.6) is 0 Å². The standard InChI is InChI=1S/C21H29FN4OS/c1-13(2)17-11-28-21-19(17)20(23-12-24-21)26-9-14-7-16(26)8-18(14)27-6-5-25-4-3-15(22)10-25/h11-16,18H,3-10H2,1-2H3/t14?,15-,16?,18?/m1/s1. The number of alkyl halides is 1. The fraction of sp³-hybridized carbons (Fsp3) is 0.714. The van der Waals surface area contributed by atoms with E-state index < -0.39 is 6.17 Å². The van der Waals surface area contributed by atoms with E-state index in [1.807, 2.05) is 0 Å². The zero-order valence-corrected chi connectivity index (χ0v) is 17.5. The number of ether oxygens (including phenoxy) is 1. The second-order valence-corrected chi connectivity index (χ2v) is 9.71. The van der Waals surface area contributed by atoms with Crippen molar-refractivity contribution in [2.24, 2.45) is 5.92 Å². The van der Waals surface area contributed by atoms with Gasteiger partial charge in [-0.05, 0) is 36.1 Å². The van der Waals surface area contributed by atoms with E-state index in [4.69, 9.17) is 9.72 Å². The van der Waals surface area contributed by atoms with Crippen molar-refractivity contribution in [1.29, 1.82) is 0 Å². The molecule has 2 bridgehead atoms. The van der Waals surface area contributed by atoms with Gasteiger partial charge in [-0.2, -0.15) is 0 Å². The lowest BCUT2D eigenvalue weighted by molar-refractivity contribution is 0.0144. The fourth-order valence-corrected chi connectivity index (χ4v) is 6.28. The fourth-order valence-electron chi connectivity index (χ4n) is 5.21. The zero-order chi connectivity index (χ0) is 19.3. The van der Waals surface area contributed by atoms with Gasteiger partial charge in [-0.15, -0.1) is 11.3 Å². The largest absolute Gasteiger partial charge is 0.376 e. The van der Waals surface area contributed by atoms with Crippen LogP contribution in [0.4, 0.5) is 10.2 Å². The molecule has 0 radical (unpaired) electrons. The molecule has 5 nitrogen and oxygen atoms in total. The first-order valence-electron chi connectivity index (χ1n) is 10.6. The third-order valence-corrected chi connectivity index (χ3v) is 7.61. The van der Waals surface area contributed by atoms with Gasteiger partial charge in [-0.3, -0.25) is 4.90 Å². The number of likely N-dealkylation sites (tertiary alicyclic amines) is 1. The van der Waals surface area contributed by atoms with E-state index in [0.29, 0.717) is 36.9 Å². The van der Waals surface area contributed by atoms with E-state index >= 15 is 0 Å². The molecule has 7 heteroatoms. The highest BCUT2D eigenvalue weighted by Gasteiger charge is 2.46. The van der Waals surface area contributed by atoms with Crippen LogP contribution in [-0.2, 0) is 4.74 Å². The second kappa shape index (κ2) is 7.50. The lowest BCUT2D eigenvalue weighted by Gasteiger charge is -2.33. The van der Waals surface area contributed by atoms with Gasteiger partial charge in [-0.25, -0.2) is 14.4 Å². The van der Waals surface area contributed by atoms with Crippen LogP contribution in [0.15, 0.2) is 11.7 Å². The summed E-state index contributed by atoms with van der Waals surface area (Å²) in [4.78, 5) is 15.0. The van der Waals surface area contributed by atoms with Gasteiger partial charge < -0.3 is 9.64 Å². The van der Waals surface area contributed by atoms with Crippen LogP contribution in [-0.4, -0.2) is 66.0 Å². The van der Waals surface area contributed by atoms with Crippen LogP contribution in [0.2, 0.25) is 0 Å². The highest BCUT2D eigenvalue weighted by Crippen LogP contribution is 2.44. The average molecular weight is 405 g/mol. The summed E-state index contributed by atoms with van der Waals surface area (Å²) in [6.45, 7) is 8.53. The zero-order valence-electron chi connectivity index (χ0n) is 16.7. The molecule has 4 atom stereocenters. The molecule has 0 N–H and O–H groups in total. The van der Waals surface area contributed by atoms with E-state index in [1.165, 1.54) is 17.4 Å². The third kappa shape index (κ3) is 3.31. The maximum absolute atomic E-state index is 13.3. The number of anilines is 1. The van der Waals surface area contributed by atoms with Crippen molar-refractivity contribution in [3.63, 3.8) is 0 Å². The van der Waals surface area contributed by atoms with Crippen molar-refractivity contribution in [2.45, 2.75) is 57.3 Å². The molecule has 5 rings (SSSR count). The van der Waals surface area contributed by atoms with E-state index in [1.54, 1.807) is 17.7 Å². The topological polar surface area (TPSA) is 41.5 Å². The Morgan fingerprint density at radius 1 is 1.29 bits per heavy atom. The van der Waals surface area contributed by atoms with Gasteiger partial charge in [0.15, 0.2) is 0 Å². The quantitative estimate of drug-likeness (QED) is 0.732. The van der Waals surface area contributed by atoms with Gasteiger partial charge in [0.2, 0.25) is 0 Å². The number of nitrogens with zero attached hydrogens (tertiary/aromatic N) is 4. The molecule has 2 aromatic heterocycles. The first-order valence-corrected chi connectivity index (χ1v) is 11.4. The number of thiophene rings is 1. The maximum atomic E-state index is 13.3. The Balaban J connectivity index is 1.24. The van der Waals surface area contributed by atoms with Gasteiger partial charge in [0, 0.05) is 38.1 Å². The lowest BCUT2D eigenvalue weighted by atomic mass is 10.0. The third-order valence-electron chi connectivity index (χ3n) is 6.70.